The van der Waals surface area contributed by atoms with Crippen molar-refractivity contribution in [1.29, 1.82) is 0 Å². The largest absolute Gasteiger partial charge is 0.481 e. The zero-order valence-corrected chi connectivity index (χ0v) is 18.2. The van der Waals surface area contributed by atoms with E-state index < -0.39 is 11.4 Å². The van der Waals surface area contributed by atoms with E-state index in [1.807, 2.05) is 6.92 Å². The fraction of sp³-hybridized carbons (Fsp3) is 0.762. The predicted octanol–water partition coefficient (Wildman–Crippen LogP) is 6.40. The Labute approximate surface area is 161 Å². The topological polar surface area (TPSA) is 37.3 Å². The van der Waals surface area contributed by atoms with Crippen LogP contribution in [0.3, 0.4) is 0 Å². The Morgan fingerprint density at radius 2 is 2.08 bits per heavy atom. The summed E-state index contributed by atoms with van der Waals surface area (Å²) in [6.07, 6.45) is 9.55. The first-order valence-electron chi connectivity index (χ1n) is 9.34. The van der Waals surface area contributed by atoms with Gasteiger partial charge in [0, 0.05) is 0 Å². The number of halogens is 1. The van der Waals surface area contributed by atoms with Crippen LogP contribution < -0.4 is 0 Å². The summed E-state index contributed by atoms with van der Waals surface area (Å²) in [5.41, 5.74) is 2.28. The average Bonchev–Trinajstić information content (AvgIpc) is 2.47. The number of carbonyl (C=O) groups is 1. The van der Waals surface area contributed by atoms with Gasteiger partial charge in [-0.05, 0) is 55.4 Å². The smallest absolute Gasteiger partial charge is 0.309 e. The van der Waals surface area contributed by atoms with Crippen molar-refractivity contribution in [1.82, 2.24) is 0 Å². The van der Waals surface area contributed by atoms with Gasteiger partial charge in [0.15, 0.2) is 0 Å². The van der Waals surface area contributed by atoms with Gasteiger partial charge in [0.05, 0.1) is 8.84 Å². The van der Waals surface area contributed by atoms with Crippen molar-refractivity contribution in [3.63, 3.8) is 0 Å². The zero-order chi connectivity index (χ0) is 18.3. The van der Waals surface area contributed by atoms with E-state index in [0.717, 1.165) is 32.1 Å². The molecule has 3 atom stereocenters. The van der Waals surface area contributed by atoms with E-state index in [1.54, 1.807) is 0 Å². The molecule has 136 valence electrons. The Bertz CT molecular complexity index is 572. The number of hydrogen-bond acceptors (Lipinski definition) is 1. The molecule has 0 spiro atoms. The number of carboxylic acid groups (broad SMARTS) is 1. The molecule has 2 nitrogen and oxygen atoms in total. The van der Waals surface area contributed by atoms with E-state index in [0.29, 0.717) is 5.92 Å². The second-order valence-corrected chi connectivity index (χ2v) is 10.7. The first-order valence-corrected chi connectivity index (χ1v) is 10.4. The average molecular weight is 444 g/mol. The summed E-state index contributed by atoms with van der Waals surface area (Å²) in [5.74, 6) is 0.127. The monoisotopic (exact) mass is 444 g/mol. The van der Waals surface area contributed by atoms with Crippen LogP contribution in [0.5, 0.6) is 0 Å². The van der Waals surface area contributed by atoms with Crippen LogP contribution >= 0.6 is 22.6 Å². The second-order valence-electron chi connectivity index (χ2n) is 8.82. The molecule has 0 aromatic rings. The lowest BCUT2D eigenvalue weighted by Crippen LogP contribution is -2.55. The standard InChI is InChI=1S/C21H33IO2/c1-7-11-20(6,18(23)24)17-9-8-16-13-15(14(2)3)10-12-21(16,22)19(17,4)5/h8,13-14,17H,7,9-12H2,1-6H3,(H,23,24)/t17-,20-,21-/m1/s1. The highest BCUT2D eigenvalue weighted by atomic mass is 127. The minimum absolute atomic E-state index is 0.0382. The number of alkyl halides is 1. The summed E-state index contributed by atoms with van der Waals surface area (Å²) < 4.78 is 0.0382. The maximum absolute atomic E-state index is 12.2. The van der Waals surface area contributed by atoms with Crippen LogP contribution in [0.1, 0.15) is 73.6 Å². The van der Waals surface area contributed by atoms with Gasteiger partial charge in [0.25, 0.3) is 0 Å². The Morgan fingerprint density at radius 1 is 1.46 bits per heavy atom. The molecule has 0 heterocycles. The minimum atomic E-state index is -0.652. The molecule has 2 rings (SSSR count). The van der Waals surface area contributed by atoms with E-state index in [1.165, 1.54) is 11.1 Å². The number of rotatable bonds is 5. The zero-order valence-electron chi connectivity index (χ0n) is 16.1. The van der Waals surface area contributed by atoms with E-state index >= 15 is 0 Å². The Hall–Kier alpha value is -0.320. The van der Waals surface area contributed by atoms with Crippen LogP contribution in [0.2, 0.25) is 0 Å². The van der Waals surface area contributed by atoms with Gasteiger partial charge in [-0.1, -0.05) is 81.4 Å². The van der Waals surface area contributed by atoms with Crippen LogP contribution in [-0.4, -0.2) is 14.5 Å². The molecule has 0 aromatic carbocycles. The van der Waals surface area contributed by atoms with Crippen LogP contribution in [0.4, 0.5) is 0 Å². The SMILES string of the molecule is CCC[C@@](C)(C(=O)O)[C@@H]1CC=C2C=C(C(C)C)CC[C@]2(I)C1(C)C. The van der Waals surface area contributed by atoms with Crippen molar-refractivity contribution < 1.29 is 9.90 Å². The van der Waals surface area contributed by atoms with Crippen LogP contribution in [0, 0.1) is 22.7 Å². The number of allylic oxidation sites excluding steroid dienone is 4. The predicted molar refractivity (Wildman–Crippen MR) is 110 cm³/mol. The quantitative estimate of drug-likeness (QED) is 0.394. The number of fused-ring (bicyclic) bond motifs is 1. The van der Waals surface area contributed by atoms with Gasteiger partial charge in [-0.3, -0.25) is 4.79 Å². The lowest BCUT2D eigenvalue weighted by Gasteiger charge is -2.57. The van der Waals surface area contributed by atoms with Gasteiger partial charge in [0.1, 0.15) is 0 Å². The fourth-order valence-electron chi connectivity index (χ4n) is 5.04. The van der Waals surface area contributed by atoms with Crippen molar-refractivity contribution in [2.75, 3.05) is 0 Å². The molecule has 3 heteroatoms. The van der Waals surface area contributed by atoms with Crippen molar-refractivity contribution >= 4 is 28.6 Å². The number of hydrogen-bond donors (Lipinski definition) is 1. The number of aliphatic carboxylic acids is 1. The molecule has 0 radical (unpaired) electrons. The van der Waals surface area contributed by atoms with Gasteiger partial charge in [0.2, 0.25) is 0 Å². The third kappa shape index (κ3) is 2.99. The lowest BCUT2D eigenvalue weighted by atomic mass is 9.51. The molecule has 0 amide bonds. The summed E-state index contributed by atoms with van der Waals surface area (Å²) in [7, 11) is 0. The van der Waals surface area contributed by atoms with Gasteiger partial charge in [-0.15, -0.1) is 0 Å². The molecule has 2 aliphatic carbocycles. The van der Waals surface area contributed by atoms with Gasteiger partial charge in [-0.2, -0.15) is 0 Å². The summed E-state index contributed by atoms with van der Waals surface area (Å²) in [5, 5.41) is 10.0. The summed E-state index contributed by atoms with van der Waals surface area (Å²) in [6.45, 7) is 13.2. The highest BCUT2D eigenvalue weighted by Gasteiger charge is 2.58. The molecule has 0 bridgehead atoms. The first kappa shape index (κ1) is 20.0. The van der Waals surface area contributed by atoms with Crippen molar-refractivity contribution in [2.45, 2.75) is 77.1 Å². The third-order valence-electron chi connectivity index (χ3n) is 6.79. The molecule has 0 fully saturated rings. The summed E-state index contributed by atoms with van der Waals surface area (Å²) >= 11 is 2.64. The number of carboxylic acids is 1. The Morgan fingerprint density at radius 3 is 2.58 bits per heavy atom. The molecule has 1 N–H and O–H groups in total. The molecule has 0 saturated carbocycles. The van der Waals surface area contributed by atoms with E-state index in [2.05, 4.69) is 69.4 Å². The molecule has 24 heavy (non-hydrogen) atoms. The van der Waals surface area contributed by atoms with Crippen molar-refractivity contribution in [3.05, 3.63) is 23.3 Å². The maximum atomic E-state index is 12.2. The minimum Gasteiger partial charge on any atom is -0.481 e. The van der Waals surface area contributed by atoms with E-state index in [4.69, 9.17) is 0 Å². The molecule has 0 aromatic heterocycles. The van der Waals surface area contributed by atoms with E-state index in [9.17, 15) is 9.90 Å². The molecule has 0 unspecified atom stereocenters. The van der Waals surface area contributed by atoms with Crippen LogP contribution in [0.15, 0.2) is 23.3 Å². The van der Waals surface area contributed by atoms with Crippen LogP contribution in [-0.2, 0) is 4.79 Å². The highest BCUT2D eigenvalue weighted by Crippen LogP contribution is 2.62. The maximum Gasteiger partial charge on any atom is 0.309 e. The Balaban J connectivity index is 2.50. The van der Waals surface area contributed by atoms with Crippen LogP contribution in [0.25, 0.3) is 0 Å². The van der Waals surface area contributed by atoms with E-state index in [-0.39, 0.29) is 14.8 Å². The highest BCUT2D eigenvalue weighted by molar-refractivity contribution is 14.1. The molecule has 0 saturated heterocycles. The Kier molecular flexibility index (Phi) is 5.64. The second kappa shape index (κ2) is 6.77. The molecule has 0 aliphatic heterocycles. The molecular formula is C21H33IO2. The first-order chi connectivity index (χ1) is 11.0. The lowest BCUT2D eigenvalue weighted by molar-refractivity contribution is -0.156. The van der Waals surface area contributed by atoms with Crippen molar-refractivity contribution in [2.24, 2.45) is 22.7 Å². The molecule has 2 aliphatic rings. The normalized spacial score (nSPS) is 31.8. The van der Waals surface area contributed by atoms with Gasteiger partial charge in [-0.25, -0.2) is 0 Å². The van der Waals surface area contributed by atoms with Gasteiger partial charge < -0.3 is 5.11 Å². The molecular weight excluding hydrogens is 411 g/mol. The summed E-state index contributed by atoms with van der Waals surface area (Å²) in [6, 6.07) is 0. The third-order valence-corrected chi connectivity index (χ3v) is 9.34. The summed E-state index contributed by atoms with van der Waals surface area (Å²) in [4.78, 5) is 12.2. The van der Waals surface area contributed by atoms with Gasteiger partial charge >= 0.3 is 5.97 Å². The fourth-order valence-corrected chi connectivity index (χ4v) is 6.06. The van der Waals surface area contributed by atoms with Crippen molar-refractivity contribution in [3.8, 4) is 0 Å².